The molecular weight excluding hydrogens is 230 g/mol. The molecule has 2 heterocycles. The van der Waals surface area contributed by atoms with Gasteiger partial charge in [0, 0.05) is 32.2 Å². The molecule has 0 radical (unpaired) electrons. The van der Waals surface area contributed by atoms with Crippen molar-refractivity contribution < 1.29 is 5.11 Å². The van der Waals surface area contributed by atoms with Crippen molar-refractivity contribution in [2.24, 2.45) is 11.8 Å². The molecule has 1 aromatic rings. The lowest BCUT2D eigenvalue weighted by molar-refractivity contribution is 0.203. The van der Waals surface area contributed by atoms with Crippen LogP contribution in [-0.2, 0) is 6.42 Å². The van der Waals surface area contributed by atoms with Gasteiger partial charge in [0.05, 0.1) is 0 Å². The Kier molecular flexibility index (Phi) is 4.33. The standard InChI is InChI=1S/C12H21N5O/c1-2-10-14-11(16-13)7-12(15-10)17-5-3-9(8-18)4-6-17/h7,9,18H,2-6,8,13H2,1H3,(H,14,15,16). The summed E-state index contributed by atoms with van der Waals surface area (Å²) >= 11 is 0. The number of rotatable bonds is 4. The number of aliphatic hydroxyl groups excluding tert-OH is 1. The van der Waals surface area contributed by atoms with Gasteiger partial charge in [-0.05, 0) is 18.8 Å². The van der Waals surface area contributed by atoms with E-state index < -0.39 is 0 Å². The molecule has 100 valence electrons. The van der Waals surface area contributed by atoms with Crippen LogP contribution < -0.4 is 16.2 Å². The Morgan fingerprint density at radius 2 is 2.17 bits per heavy atom. The Bertz CT molecular complexity index is 368. The summed E-state index contributed by atoms with van der Waals surface area (Å²) in [7, 11) is 0. The van der Waals surface area contributed by atoms with Gasteiger partial charge < -0.3 is 15.4 Å². The SMILES string of the molecule is CCc1nc(NN)cc(N2CCC(CO)CC2)n1. The van der Waals surface area contributed by atoms with Crippen LogP contribution in [0.15, 0.2) is 6.07 Å². The summed E-state index contributed by atoms with van der Waals surface area (Å²) in [6.45, 7) is 4.16. The van der Waals surface area contributed by atoms with E-state index in [0.29, 0.717) is 11.7 Å². The van der Waals surface area contributed by atoms with Crippen LogP contribution in [-0.4, -0.2) is 34.8 Å². The minimum Gasteiger partial charge on any atom is -0.396 e. The molecule has 1 aliphatic rings. The van der Waals surface area contributed by atoms with E-state index in [1.165, 1.54) is 0 Å². The maximum Gasteiger partial charge on any atom is 0.145 e. The van der Waals surface area contributed by atoms with Crippen molar-refractivity contribution in [1.82, 2.24) is 9.97 Å². The van der Waals surface area contributed by atoms with Crippen LogP contribution in [0.4, 0.5) is 11.6 Å². The van der Waals surface area contributed by atoms with E-state index in [9.17, 15) is 0 Å². The van der Waals surface area contributed by atoms with E-state index in [2.05, 4.69) is 20.3 Å². The van der Waals surface area contributed by atoms with Crippen molar-refractivity contribution in [1.29, 1.82) is 0 Å². The van der Waals surface area contributed by atoms with Crippen LogP contribution in [0.5, 0.6) is 0 Å². The van der Waals surface area contributed by atoms with Gasteiger partial charge in [0.15, 0.2) is 0 Å². The van der Waals surface area contributed by atoms with Gasteiger partial charge in [-0.2, -0.15) is 0 Å². The Balaban J connectivity index is 2.13. The Morgan fingerprint density at radius 3 is 2.72 bits per heavy atom. The molecule has 6 nitrogen and oxygen atoms in total. The summed E-state index contributed by atoms with van der Waals surface area (Å²) in [5.41, 5.74) is 2.58. The lowest BCUT2D eigenvalue weighted by Crippen LogP contribution is -2.35. The van der Waals surface area contributed by atoms with Crippen LogP contribution in [0.2, 0.25) is 0 Å². The number of aryl methyl sites for hydroxylation is 1. The summed E-state index contributed by atoms with van der Waals surface area (Å²) in [6.07, 6.45) is 2.80. The highest BCUT2D eigenvalue weighted by Crippen LogP contribution is 2.23. The van der Waals surface area contributed by atoms with Crippen molar-refractivity contribution in [3.63, 3.8) is 0 Å². The second-order valence-electron chi connectivity index (χ2n) is 4.64. The number of nitrogens with one attached hydrogen (secondary N) is 1. The molecule has 1 saturated heterocycles. The largest absolute Gasteiger partial charge is 0.396 e. The number of aromatic nitrogens is 2. The predicted octanol–water partition coefficient (Wildman–Crippen LogP) is 0.533. The first-order chi connectivity index (χ1) is 8.76. The first-order valence-electron chi connectivity index (χ1n) is 6.47. The molecule has 6 heteroatoms. The number of nitrogen functional groups attached to an aromatic ring is 1. The number of nitrogens with two attached hydrogens (primary N) is 1. The van der Waals surface area contributed by atoms with Crippen molar-refractivity contribution in [3.05, 3.63) is 11.9 Å². The molecule has 0 saturated carbocycles. The van der Waals surface area contributed by atoms with Crippen molar-refractivity contribution in [3.8, 4) is 0 Å². The highest BCUT2D eigenvalue weighted by atomic mass is 16.3. The number of aliphatic hydroxyl groups is 1. The Hall–Kier alpha value is -1.40. The second kappa shape index (κ2) is 5.97. The Morgan fingerprint density at radius 1 is 1.44 bits per heavy atom. The number of piperidine rings is 1. The van der Waals surface area contributed by atoms with Gasteiger partial charge in [0.2, 0.25) is 0 Å². The lowest BCUT2D eigenvalue weighted by Gasteiger charge is -2.32. The van der Waals surface area contributed by atoms with Gasteiger partial charge in [-0.3, -0.25) is 0 Å². The summed E-state index contributed by atoms with van der Waals surface area (Å²) in [5, 5.41) is 9.14. The zero-order valence-corrected chi connectivity index (χ0v) is 10.8. The van der Waals surface area contributed by atoms with Crippen LogP contribution in [0.1, 0.15) is 25.6 Å². The van der Waals surface area contributed by atoms with E-state index in [-0.39, 0.29) is 6.61 Å². The van der Waals surface area contributed by atoms with Crippen LogP contribution in [0, 0.1) is 5.92 Å². The third-order valence-electron chi connectivity index (χ3n) is 3.42. The summed E-state index contributed by atoms with van der Waals surface area (Å²) in [5.74, 6) is 8.23. The van der Waals surface area contributed by atoms with Gasteiger partial charge in [-0.15, -0.1) is 0 Å². The molecule has 0 atom stereocenters. The molecular formula is C12H21N5O. The van der Waals surface area contributed by atoms with Gasteiger partial charge >= 0.3 is 0 Å². The van der Waals surface area contributed by atoms with Crippen LogP contribution >= 0.6 is 0 Å². The molecule has 0 amide bonds. The van der Waals surface area contributed by atoms with Crippen LogP contribution in [0.25, 0.3) is 0 Å². The van der Waals surface area contributed by atoms with E-state index in [0.717, 1.165) is 44.0 Å². The molecule has 18 heavy (non-hydrogen) atoms. The van der Waals surface area contributed by atoms with Gasteiger partial charge in [-0.25, -0.2) is 15.8 Å². The third-order valence-corrected chi connectivity index (χ3v) is 3.42. The number of hydrazine groups is 1. The van der Waals surface area contributed by atoms with Gasteiger partial charge in [0.1, 0.15) is 17.5 Å². The van der Waals surface area contributed by atoms with E-state index in [4.69, 9.17) is 10.9 Å². The molecule has 2 rings (SSSR count). The number of nitrogens with zero attached hydrogens (tertiary/aromatic N) is 3. The average molecular weight is 251 g/mol. The fourth-order valence-electron chi connectivity index (χ4n) is 2.22. The van der Waals surface area contributed by atoms with E-state index in [1.807, 2.05) is 13.0 Å². The van der Waals surface area contributed by atoms with Crippen LogP contribution in [0.3, 0.4) is 0 Å². The molecule has 0 aromatic carbocycles. The third kappa shape index (κ3) is 2.88. The first kappa shape index (κ1) is 13.0. The van der Waals surface area contributed by atoms with E-state index in [1.54, 1.807) is 0 Å². The molecule has 0 bridgehead atoms. The summed E-state index contributed by atoms with van der Waals surface area (Å²) in [6, 6.07) is 1.87. The number of hydrogen-bond acceptors (Lipinski definition) is 6. The highest BCUT2D eigenvalue weighted by Gasteiger charge is 2.20. The Labute approximate surface area is 107 Å². The zero-order valence-electron chi connectivity index (χ0n) is 10.8. The van der Waals surface area contributed by atoms with Crippen molar-refractivity contribution >= 4 is 11.6 Å². The smallest absolute Gasteiger partial charge is 0.145 e. The van der Waals surface area contributed by atoms with Crippen molar-refractivity contribution in [2.75, 3.05) is 30.0 Å². The maximum absolute atomic E-state index is 9.14. The molecule has 1 aromatic heterocycles. The molecule has 1 aliphatic heterocycles. The molecule has 0 unspecified atom stereocenters. The summed E-state index contributed by atoms with van der Waals surface area (Å²) in [4.78, 5) is 11.0. The predicted molar refractivity (Wildman–Crippen MR) is 71.2 cm³/mol. The first-order valence-corrected chi connectivity index (χ1v) is 6.47. The summed E-state index contributed by atoms with van der Waals surface area (Å²) < 4.78 is 0. The second-order valence-corrected chi connectivity index (χ2v) is 4.64. The normalized spacial score (nSPS) is 16.9. The average Bonchev–Trinajstić information content (AvgIpc) is 2.46. The minimum atomic E-state index is 0.285. The van der Waals surface area contributed by atoms with Gasteiger partial charge in [0.25, 0.3) is 0 Å². The molecule has 0 spiro atoms. The number of anilines is 2. The van der Waals surface area contributed by atoms with Crippen molar-refractivity contribution in [2.45, 2.75) is 26.2 Å². The fourth-order valence-corrected chi connectivity index (χ4v) is 2.22. The topological polar surface area (TPSA) is 87.3 Å². The quantitative estimate of drug-likeness (QED) is 0.534. The minimum absolute atomic E-state index is 0.285. The van der Waals surface area contributed by atoms with E-state index >= 15 is 0 Å². The number of hydrogen-bond donors (Lipinski definition) is 3. The fraction of sp³-hybridized carbons (Fsp3) is 0.667. The monoisotopic (exact) mass is 251 g/mol. The lowest BCUT2D eigenvalue weighted by atomic mass is 9.98. The highest BCUT2D eigenvalue weighted by molar-refractivity contribution is 5.49. The maximum atomic E-state index is 9.14. The zero-order chi connectivity index (χ0) is 13.0. The molecule has 0 aliphatic carbocycles. The van der Waals surface area contributed by atoms with Gasteiger partial charge in [-0.1, -0.05) is 6.92 Å². The molecule has 4 N–H and O–H groups in total. The molecule has 1 fully saturated rings.